The summed E-state index contributed by atoms with van der Waals surface area (Å²) in [6.45, 7) is 6.01. The van der Waals surface area contributed by atoms with Gasteiger partial charge in [0.25, 0.3) is 0 Å². The highest BCUT2D eigenvalue weighted by Crippen LogP contribution is 2.19. The first kappa shape index (κ1) is 11.8. The van der Waals surface area contributed by atoms with Crippen LogP contribution in [0.25, 0.3) is 5.57 Å². The average Bonchev–Trinajstić information content (AvgIpc) is 2.18. The summed E-state index contributed by atoms with van der Waals surface area (Å²) in [5, 5.41) is 0.669. The van der Waals surface area contributed by atoms with Gasteiger partial charge < -0.3 is 4.74 Å². The van der Waals surface area contributed by atoms with Gasteiger partial charge in [0.2, 0.25) is 0 Å². The number of benzene rings is 1. The van der Waals surface area contributed by atoms with Crippen molar-refractivity contribution in [1.82, 2.24) is 0 Å². The summed E-state index contributed by atoms with van der Waals surface area (Å²) in [6, 6.07) is 7.22. The molecule has 0 saturated heterocycles. The highest BCUT2D eigenvalue weighted by molar-refractivity contribution is 6.30. The summed E-state index contributed by atoms with van der Waals surface area (Å²) < 4.78 is 4.83. The second kappa shape index (κ2) is 5.56. The number of hydrogen-bond acceptors (Lipinski definition) is 2. The molecule has 3 heteroatoms. The first-order valence-corrected chi connectivity index (χ1v) is 5.10. The van der Waals surface area contributed by atoms with Crippen LogP contribution < -0.4 is 0 Å². The molecule has 0 atom stereocenters. The summed E-state index contributed by atoms with van der Waals surface area (Å²) in [6.07, 6.45) is 0.218. The third kappa shape index (κ3) is 3.76. The van der Waals surface area contributed by atoms with Crippen LogP contribution >= 0.6 is 11.6 Å². The van der Waals surface area contributed by atoms with Crippen LogP contribution in [0, 0.1) is 0 Å². The number of halogens is 1. The molecule has 0 radical (unpaired) electrons. The van der Waals surface area contributed by atoms with Crippen LogP contribution in [0.3, 0.4) is 0 Å². The molecule has 1 aromatic carbocycles. The van der Waals surface area contributed by atoms with Gasteiger partial charge >= 0.3 is 5.97 Å². The van der Waals surface area contributed by atoms with Crippen LogP contribution in [0.15, 0.2) is 30.8 Å². The van der Waals surface area contributed by atoms with Crippen molar-refractivity contribution in [1.29, 1.82) is 0 Å². The maximum absolute atomic E-state index is 11.2. The Labute approximate surface area is 94.5 Å². The van der Waals surface area contributed by atoms with Gasteiger partial charge in [0.05, 0.1) is 13.0 Å². The standard InChI is InChI=1S/C12H13ClO2/c1-3-15-12(14)8-9(2)10-4-6-11(13)7-5-10/h4-7H,2-3,8H2,1H3. The zero-order chi connectivity index (χ0) is 11.3. The molecular formula is C12H13ClO2. The minimum atomic E-state index is -0.252. The van der Waals surface area contributed by atoms with Gasteiger partial charge in [-0.05, 0) is 30.2 Å². The third-order valence-corrected chi connectivity index (χ3v) is 2.17. The van der Waals surface area contributed by atoms with Gasteiger partial charge in [-0.2, -0.15) is 0 Å². The van der Waals surface area contributed by atoms with Gasteiger partial charge in [-0.1, -0.05) is 30.3 Å². The number of hydrogen-bond donors (Lipinski definition) is 0. The number of esters is 1. The van der Waals surface area contributed by atoms with Gasteiger partial charge in [-0.3, -0.25) is 4.79 Å². The minimum absolute atomic E-state index is 0.218. The van der Waals surface area contributed by atoms with Crippen LogP contribution in [0.2, 0.25) is 5.02 Å². The zero-order valence-corrected chi connectivity index (χ0v) is 9.38. The molecule has 0 aromatic heterocycles. The highest BCUT2D eigenvalue weighted by atomic mass is 35.5. The summed E-state index contributed by atoms with van der Waals surface area (Å²) in [5.41, 5.74) is 1.65. The molecule has 0 aliphatic rings. The maximum Gasteiger partial charge on any atom is 0.310 e. The average molecular weight is 225 g/mol. The van der Waals surface area contributed by atoms with E-state index in [9.17, 15) is 4.79 Å². The lowest BCUT2D eigenvalue weighted by molar-refractivity contribution is -0.141. The Balaban J connectivity index is 2.61. The van der Waals surface area contributed by atoms with Crippen LogP contribution in [-0.2, 0) is 9.53 Å². The van der Waals surface area contributed by atoms with Gasteiger partial charge in [-0.15, -0.1) is 0 Å². The second-order valence-corrected chi connectivity index (χ2v) is 3.53. The molecule has 80 valence electrons. The molecule has 0 aliphatic carbocycles. The summed E-state index contributed by atoms with van der Waals surface area (Å²) in [4.78, 5) is 11.2. The number of rotatable bonds is 4. The first-order valence-electron chi connectivity index (χ1n) is 4.73. The third-order valence-electron chi connectivity index (χ3n) is 1.92. The number of carbonyl (C=O) groups excluding carboxylic acids is 1. The molecule has 0 bridgehead atoms. The quantitative estimate of drug-likeness (QED) is 0.734. The second-order valence-electron chi connectivity index (χ2n) is 3.09. The van der Waals surface area contributed by atoms with Crippen molar-refractivity contribution in [2.24, 2.45) is 0 Å². The topological polar surface area (TPSA) is 26.3 Å². The Morgan fingerprint density at radius 2 is 2.00 bits per heavy atom. The van der Waals surface area contributed by atoms with E-state index in [1.165, 1.54) is 0 Å². The van der Waals surface area contributed by atoms with Crippen molar-refractivity contribution in [3.63, 3.8) is 0 Å². The SMILES string of the molecule is C=C(CC(=O)OCC)c1ccc(Cl)cc1. The molecule has 1 rings (SSSR count). The molecule has 2 nitrogen and oxygen atoms in total. The van der Waals surface area contributed by atoms with Crippen LogP contribution in [0.5, 0.6) is 0 Å². The van der Waals surface area contributed by atoms with Crippen LogP contribution in [0.4, 0.5) is 0 Å². The van der Waals surface area contributed by atoms with Gasteiger partial charge in [0.15, 0.2) is 0 Å². The molecule has 0 aliphatic heterocycles. The van der Waals surface area contributed by atoms with E-state index in [-0.39, 0.29) is 12.4 Å². The van der Waals surface area contributed by atoms with Crippen molar-refractivity contribution < 1.29 is 9.53 Å². The van der Waals surface area contributed by atoms with E-state index in [1.54, 1.807) is 19.1 Å². The lowest BCUT2D eigenvalue weighted by Crippen LogP contribution is -2.04. The van der Waals surface area contributed by atoms with E-state index >= 15 is 0 Å². The normalized spacial score (nSPS) is 9.73. The van der Waals surface area contributed by atoms with Crippen molar-refractivity contribution in [2.45, 2.75) is 13.3 Å². The predicted octanol–water partition coefficient (Wildman–Crippen LogP) is 3.31. The van der Waals surface area contributed by atoms with Crippen LogP contribution in [-0.4, -0.2) is 12.6 Å². The summed E-state index contributed by atoms with van der Waals surface area (Å²) in [7, 11) is 0. The fourth-order valence-electron chi connectivity index (χ4n) is 1.17. The predicted molar refractivity (Wildman–Crippen MR) is 61.7 cm³/mol. The van der Waals surface area contributed by atoms with Gasteiger partial charge in [0.1, 0.15) is 0 Å². The lowest BCUT2D eigenvalue weighted by atomic mass is 10.1. The van der Waals surface area contributed by atoms with Crippen LogP contribution in [0.1, 0.15) is 18.9 Å². The minimum Gasteiger partial charge on any atom is -0.466 e. The molecule has 0 heterocycles. The molecule has 0 amide bonds. The molecule has 0 spiro atoms. The first-order chi connectivity index (χ1) is 7.13. The number of ether oxygens (including phenoxy) is 1. The van der Waals surface area contributed by atoms with E-state index in [0.717, 1.165) is 11.1 Å². The Hall–Kier alpha value is -1.28. The molecule has 0 unspecified atom stereocenters. The highest BCUT2D eigenvalue weighted by Gasteiger charge is 2.06. The van der Waals surface area contributed by atoms with Crippen molar-refractivity contribution in [3.05, 3.63) is 41.4 Å². The molecule has 1 aromatic rings. The molecule has 0 N–H and O–H groups in total. The molecule has 0 saturated carbocycles. The van der Waals surface area contributed by atoms with E-state index in [0.29, 0.717) is 11.6 Å². The van der Waals surface area contributed by atoms with Crippen molar-refractivity contribution in [2.75, 3.05) is 6.61 Å². The van der Waals surface area contributed by atoms with Gasteiger partial charge in [-0.25, -0.2) is 0 Å². The Morgan fingerprint density at radius 3 is 2.53 bits per heavy atom. The Bertz CT molecular complexity index is 354. The molecular weight excluding hydrogens is 212 g/mol. The van der Waals surface area contributed by atoms with E-state index in [2.05, 4.69) is 6.58 Å². The van der Waals surface area contributed by atoms with E-state index in [4.69, 9.17) is 16.3 Å². The molecule has 15 heavy (non-hydrogen) atoms. The number of carbonyl (C=O) groups is 1. The summed E-state index contributed by atoms with van der Waals surface area (Å²) in [5.74, 6) is -0.252. The molecule has 0 fully saturated rings. The van der Waals surface area contributed by atoms with E-state index < -0.39 is 0 Å². The smallest absolute Gasteiger partial charge is 0.310 e. The summed E-state index contributed by atoms with van der Waals surface area (Å²) >= 11 is 5.75. The fraction of sp³-hybridized carbons (Fsp3) is 0.250. The fourth-order valence-corrected chi connectivity index (χ4v) is 1.30. The van der Waals surface area contributed by atoms with E-state index in [1.807, 2.05) is 12.1 Å². The maximum atomic E-state index is 11.2. The van der Waals surface area contributed by atoms with Gasteiger partial charge in [0, 0.05) is 5.02 Å². The van der Waals surface area contributed by atoms with Crippen molar-refractivity contribution >= 4 is 23.1 Å². The Kier molecular flexibility index (Phi) is 4.37. The van der Waals surface area contributed by atoms with Crippen molar-refractivity contribution in [3.8, 4) is 0 Å². The largest absolute Gasteiger partial charge is 0.466 e. The Morgan fingerprint density at radius 1 is 1.40 bits per heavy atom. The monoisotopic (exact) mass is 224 g/mol. The lowest BCUT2D eigenvalue weighted by Gasteiger charge is -2.05. The zero-order valence-electron chi connectivity index (χ0n) is 8.63.